The molecule has 2 amide bonds. The van der Waals surface area contributed by atoms with Gasteiger partial charge in [-0.3, -0.25) is 14.5 Å². The molecule has 7 nitrogen and oxygen atoms in total. The molecule has 7 heteroatoms. The molecule has 2 fully saturated rings. The van der Waals surface area contributed by atoms with Gasteiger partial charge in [-0.1, -0.05) is 30.3 Å². The van der Waals surface area contributed by atoms with Gasteiger partial charge in [0.15, 0.2) is 0 Å². The fourth-order valence-corrected chi connectivity index (χ4v) is 4.61. The van der Waals surface area contributed by atoms with Crippen molar-refractivity contribution in [2.45, 2.75) is 12.8 Å². The van der Waals surface area contributed by atoms with Crippen molar-refractivity contribution in [1.29, 1.82) is 0 Å². The van der Waals surface area contributed by atoms with Crippen molar-refractivity contribution in [2.75, 3.05) is 64.4 Å². The maximum Gasteiger partial charge on any atom is 0.234 e. The Bertz CT molecular complexity index is 928. The lowest BCUT2D eigenvalue weighted by Gasteiger charge is -2.34. The summed E-state index contributed by atoms with van der Waals surface area (Å²) in [5.41, 5.74) is 2.21. The van der Waals surface area contributed by atoms with Gasteiger partial charge >= 0.3 is 0 Å². The maximum absolute atomic E-state index is 12.7. The first-order valence-electron chi connectivity index (χ1n) is 11.8. The zero-order valence-corrected chi connectivity index (χ0v) is 19.4. The third kappa shape index (κ3) is 6.48. The number of carbonyl (C=O) groups excluding carboxylic acids is 2. The van der Waals surface area contributed by atoms with Gasteiger partial charge in [0.05, 0.1) is 20.1 Å². The number of nitrogens with one attached hydrogen (secondary N) is 1. The van der Waals surface area contributed by atoms with Crippen molar-refractivity contribution in [3.63, 3.8) is 0 Å². The highest BCUT2D eigenvalue weighted by atomic mass is 16.5. The van der Waals surface area contributed by atoms with E-state index >= 15 is 0 Å². The normalized spacial score (nSPS) is 18.9. The van der Waals surface area contributed by atoms with E-state index in [0.29, 0.717) is 32.0 Å². The quantitative estimate of drug-likeness (QED) is 0.667. The predicted molar refractivity (Wildman–Crippen MR) is 129 cm³/mol. The summed E-state index contributed by atoms with van der Waals surface area (Å²) in [6.45, 7) is 5.91. The molecule has 0 aliphatic carbocycles. The lowest BCUT2D eigenvalue weighted by atomic mass is 10.1. The van der Waals surface area contributed by atoms with Crippen LogP contribution in [0.3, 0.4) is 0 Å². The van der Waals surface area contributed by atoms with Gasteiger partial charge in [-0.05, 0) is 42.2 Å². The Hall–Kier alpha value is -3.06. The molecule has 0 spiro atoms. The first-order chi connectivity index (χ1) is 16.1. The number of piperazine rings is 1. The van der Waals surface area contributed by atoms with Crippen LogP contribution in [-0.4, -0.2) is 81.1 Å². The summed E-state index contributed by atoms with van der Waals surface area (Å²) in [5.74, 6) is 1.45. The van der Waals surface area contributed by atoms with Crippen LogP contribution < -0.4 is 15.0 Å². The number of ether oxygens (including phenoxy) is 1. The number of hydrogen-bond donors (Lipinski definition) is 1. The highest BCUT2D eigenvalue weighted by molar-refractivity contribution is 5.79. The largest absolute Gasteiger partial charge is 0.497 e. The number of anilines is 1. The summed E-state index contributed by atoms with van der Waals surface area (Å²) >= 11 is 0. The Labute approximate surface area is 196 Å². The smallest absolute Gasteiger partial charge is 0.234 e. The topological polar surface area (TPSA) is 65.1 Å². The number of para-hydroxylation sites is 1. The third-order valence-corrected chi connectivity index (χ3v) is 6.58. The van der Waals surface area contributed by atoms with Crippen molar-refractivity contribution >= 4 is 17.5 Å². The summed E-state index contributed by atoms with van der Waals surface area (Å²) < 4.78 is 5.24. The molecule has 2 aliphatic heterocycles. The van der Waals surface area contributed by atoms with Crippen LogP contribution in [0.4, 0.5) is 5.69 Å². The Morgan fingerprint density at radius 2 is 1.79 bits per heavy atom. The van der Waals surface area contributed by atoms with Crippen molar-refractivity contribution < 1.29 is 14.3 Å². The van der Waals surface area contributed by atoms with Crippen LogP contribution >= 0.6 is 0 Å². The van der Waals surface area contributed by atoms with Gasteiger partial charge in [0, 0.05) is 51.5 Å². The Morgan fingerprint density at radius 1 is 1.00 bits per heavy atom. The summed E-state index contributed by atoms with van der Waals surface area (Å²) in [7, 11) is 1.63. The second-order valence-electron chi connectivity index (χ2n) is 8.93. The monoisotopic (exact) mass is 450 g/mol. The van der Waals surface area contributed by atoms with Crippen LogP contribution in [0.15, 0.2) is 54.6 Å². The van der Waals surface area contributed by atoms with Crippen LogP contribution in [-0.2, 0) is 16.0 Å². The number of methoxy groups -OCH3 is 1. The van der Waals surface area contributed by atoms with Gasteiger partial charge in [-0.15, -0.1) is 0 Å². The highest BCUT2D eigenvalue weighted by Gasteiger charge is 2.25. The van der Waals surface area contributed by atoms with Crippen LogP contribution in [0.1, 0.15) is 12.0 Å². The number of nitrogens with zero attached hydrogens (tertiary/aromatic N) is 3. The molecule has 2 heterocycles. The Balaban J connectivity index is 1.14. The zero-order valence-electron chi connectivity index (χ0n) is 19.4. The third-order valence-electron chi connectivity index (χ3n) is 6.58. The van der Waals surface area contributed by atoms with Crippen molar-refractivity contribution in [3.05, 3.63) is 60.2 Å². The first-order valence-corrected chi connectivity index (χ1v) is 11.8. The van der Waals surface area contributed by atoms with Gasteiger partial charge < -0.3 is 19.9 Å². The Morgan fingerprint density at radius 3 is 2.55 bits per heavy atom. The van der Waals surface area contributed by atoms with E-state index < -0.39 is 0 Å². The molecule has 176 valence electrons. The molecule has 1 N–H and O–H groups in total. The average molecular weight is 451 g/mol. The molecule has 0 aromatic heterocycles. The van der Waals surface area contributed by atoms with Gasteiger partial charge in [0.1, 0.15) is 5.75 Å². The van der Waals surface area contributed by atoms with E-state index in [-0.39, 0.29) is 11.8 Å². The molecule has 2 aromatic rings. The first kappa shape index (κ1) is 23.1. The van der Waals surface area contributed by atoms with E-state index in [4.69, 9.17) is 4.74 Å². The number of amides is 2. The van der Waals surface area contributed by atoms with Crippen LogP contribution in [0.2, 0.25) is 0 Å². The minimum atomic E-state index is 0.0734. The second kappa shape index (κ2) is 11.2. The average Bonchev–Trinajstić information content (AvgIpc) is 3.33. The minimum Gasteiger partial charge on any atom is -0.497 e. The number of benzene rings is 2. The standard InChI is InChI=1S/C26H34N4O3/c1-33-24-9-5-6-21(16-24)17-26(32)29-14-12-28(13-15-29)20-25(31)27-18-22-10-11-30(19-22)23-7-3-2-4-8-23/h2-9,16,22H,10-15,17-20H2,1H3,(H,27,31). The number of carbonyl (C=O) groups is 2. The van der Waals surface area contributed by atoms with E-state index in [1.165, 1.54) is 5.69 Å². The molecule has 0 bridgehead atoms. The van der Waals surface area contributed by atoms with Gasteiger partial charge in [0.2, 0.25) is 11.8 Å². The van der Waals surface area contributed by atoms with Crippen LogP contribution in [0, 0.1) is 5.92 Å². The van der Waals surface area contributed by atoms with Crippen molar-refractivity contribution in [1.82, 2.24) is 15.1 Å². The van der Waals surface area contributed by atoms with Gasteiger partial charge in [-0.2, -0.15) is 0 Å². The zero-order chi connectivity index (χ0) is 23.0. The van der Waals surface area contributed by atoms with Crippen LogP contribution in [0.5, 0.6) is 5.75 Å². The maximum atomic E-state index is 12.7. The minimum absolute atomic E-state index is 0.0734. The van der Waals surface area contributed by atoms with Crippen molar-refractivity contribution in [3.8, 4) is 5.75 Å². The molecule has 0 saturated carbocycles. The summed E-state index contributed by atoms with van der Waals surface area (Å²) in [6.07, 6.45) is 1.47. The molecule has 4 rings (SSSR count). The highest BCUT2D eigenvalue weighted by Crippen LogP contribution is 2.23. The van der Waals surface area contributed by atoms with Gasteiger partial charge in [-0.25, -0.2) is 0 Å². The van der Waals surface area contributed by atoms with Gasteiger partial charge in [0.25, 0.3) is 0 Å². The van der Waals surface area contributed by atoms with E-state index in [2.05, 4.69) is 39.4 Å². The number of rotatable bonds is 8. The summed E-state index contributed by atoms with van der Waals surface area (Å²) in [6, 6.07) is 18.1. The molecule has 2 aliphatic rings. The van der Waals surface area contributed by atoms with E-state index in [9.17, 15) is 9.59 Å². The molecular formula is C26H34N4O3. The molecule has 33 heavy (non-hydrogen) atoms. The van der Waals surface area contributed by atoms with E-state index in [1.54, 1.807) is 7.11 Å². The summed E-state index contributed by atoms with van der Waals surface area (Å²) in [4.78, 5) is 31.6. The molecule has 0 radical (unpaired) electrons. The molecular weight excluding hydrogens is 416 g/mol. The lowest BCUT2D eigenvalue weighted by molar-refractivity contribution is -0.132. The molecule has 2 aromatic carbocycles. The SMILES string of the molecule is COc1cccc(CC(=O)N2CCN(CC(=O)NCC3CCN(c4ccccc4)C3)CC2)c1. The fraction of sp³-hybridized carbons (Fsp3) is 0.462. The van der Waals surface area contributed by atoms with Crippen molar-refractivity contribution in [2.24, 2.45) is 5.92 Å². The van der Waals surface area contributed by atoms with E-state index in [0.717, 1.165) is 50.5 Å². The Kier molecular flexibility index (Phi) is 7.83. The second-order valence-corrected chi connectivity index (χ2v) is 8.93. The molecule has 1 atom stereocenters. The molecule has 2 saturated heterocycles. The molecule has 1 unspecified atom stereocenters. The van der Waals surface area contributed by atoms with E-state index in [1.807, 2.05) is 35.2 Å². The summed E-state index contributed by atoms with van der Waals surface area (Å²) in [5, 5.41) is 3.12. The lowest BCUT2D eigenvalue weighted by Crippen LogP contribution is -2.51. The fourth-order valence-electron chi connectivity index (χ4n) is 4.61. The van der Waals surface area contributed by atoms with Crippen LogP contribution in [0.25, 0.3) is 0 Å². The predicted octanol–water partition coefficient (Wildman–Crippen LogP) is 2.02. The number of hydrogen-bond acceptors (Lipinski definition) is 5.